The molecule has 0 saturated carbocycles. The summed E-state index contributed by atoms with van der Waals surface area (Å²) < 4.78 is 19.2. The van der Waals surface area contributed by atoms with E-state index in [2.05, 4.69) is 5.32 Å². The molecular weight excluding hydrogens is 277 g/mol. The number of hydrogen-bond donors (Lipinski definition) is 2. The van der Waals surface area contributed by atoms with Gasteiger partial charge in [0.15, 0.2) is 0 Å². The van der Waals surface area contributed by atoms with Crippen LogP contribution >= 0.6 is 0 Å². The van der Waals surface area contributed by atoms with Gasteiger partial charge in [-0.1, -0.05) is 24.3 Å². The first-order chi connectivity index (χ1) is 9.92. The second-order valence-corrected chi connectivity index (χ2v) is 5.44. The fourth-order valence-corrected chi connectivity index (χ4v) is 3.05. The number of amides is 1. The number of carbonyl (C=O) groups is 2. The predicted octanol–water partition coefficient (Wildman–Crippen LogP) is 1.81. The SMILES string of the molecule is C[C@@]12C=C[C@@H](O1)[C@@H](C(=O)O)[C@H]2C(=O)Nc1ccccc1F. The average molecular weight is 291 g/mol. The molecule has 1 amide bonds. The molecule has 2 heterocycles. The Hall–Kier alpha value is -2.21. The van der Waals surface area contributed by atoms with E-state index >= 15 is 0 Å². The van der Waals surface area contributed by atoms with Crippen LogP contribution < -0.4 is 5.32 Å². The second kappa shape index (κ2) is 4.66. The molecule has 0 unspecified atom stereocenters. The quantitative estimate of drug-likeness (QED) is 0.833. The van der Waals surface area contributed by atoms with Gasteiger partial charge in [0.25, 0.3) is 0 Å². The molecule has 0 spiro atoms. The summed E-state index contributed by atoms with van der Waals surface area (Å²) in [6.45, 7) is 1.66. The molecule has 2 N–H and O–H groups in total. The van der Waals surface area contributed by atoms with Crippen LogP contribution in [0.15, 0.2) is 36.4 Å². The summed E-state index contributed by atoms with van der Waals surface area (Å²) in [5.41, 5.74) is -0.940. The Bertz CT molecular complexity index is 644. The molecule has 2 aliphatic heterocycles. The molecule has 2 bridgehead atoms. The molecule has 110 valence electrons. The maximum atomic E-state index is 13.6. The van der Waals surface area contributed by atoms with Crippen LogP contribution in [-0.4, -0.2) is 28.7 Å². The Morgan fingerprint density at radius 3 is 2.76 bits per heavy atom. The lowest BCUT2D eigenvalue weighted by Crippen LogP contribution is -2.44. The minimum Gasteiger partial charge on any atom is -0.481 e. The maximum absolute atomic E-state index is 13.6. The Morgan fingerprint density at radius 1 is 1.38 bits per heavy atom. The lowest BCUT2D eigenvalue weighted by Gasteiger charge is -2.27. The summed E-state index contributed by atoms with van der Waals surface area (Å²) in [4.78, 5) is 23.8. The summed E-state index contributed by atoms with van der Waals surface area (Å²) in [5.74, 6) is -4.08. The average Bonchev–Trinajstić information content (AvgIpc) is 2.94. The van der Waals surface area contributed by atoms with Crippen molar-refractivity contribution in [3.63, 3.8) is 0 Å². The highest BCUT2D eigenvalue weighted by molar-refractivity contribution is 5.97. The molecule has 2 aliphatic rings. The minimum absolute atomic E-state index is 0.0296. The number of fused-ring (bicyclic) bond motifs is 2. The number of nitrogens with one attached hydrogen (secondary N) is 1. The topological polar surface area (TPSA) is 75.6 Å². The van der Waals surface area contributed by atoms with Gasteiger partial charge in [-0.2, -0.15) is 0 Å². The number of carboxylic acids is 1. The summed E-state index contributed by atoms with van der Waals surface area (Å²) >= 11 is 0. The molecular formula is C15H14FNO4. The van der Waals surface area contributed by atoms with Gasteiger partial charge in [0.2, 0.25) is 5.91 Å². The number of aliphatic carboxylic acids is 1. The highest BCUT2D eigenvalue weighted by Crippen LogP contribution is 2.47. The molecule has 3 rings (SSSR count). The molecule has 1 fully saturated rings. The van der Waals surface area contributed by atoms with Gasteiger partial charge in [0.05, 0.1) is 23.3 Å². The van der Waals surface area contributed by atoms with Crippen LogP contribution in [0.5, 0.6) is 0 Å². The maximum Gasteiger partial charge on any atom is 0.310 e. The second-order valence-electron chi connectivity index (χ2n) is 5.44. The number of para-hydroxylation sites is 1. The molecule has 4 atom stereocenters. The van der Waals surface area contributed by atoms with Crippen molar-refractivity contribution in [1.29, 1.82) is 0 Å². The Morgan fingerprint density at radius 2 is 2.10 bits per heavy atom. The van der Waals surface area contributed by atoms with E-state index < -0.39 is 41.2 Å². The monoisotopic (exact) mass is 291 g/mol. The van der Waals surface area contributed by atoms with Crippen LogP contribution in [0.2, 0.25) is 0 Å². The van der Waals surface area contributed by atoms with Gasteiger partial charge in [-0.05, 0) is 19.1 Å². The smallest absolute Gasteiger partial charge is 0.310 e. The van der Waals surface area contributed by atoms with Crippen LogP contribution in [-0.2, 0) is 14.3 Å². The molecule has 1 saturated heterocycles. The fourth-order valence-electron chi connectivity index (χ4n) is 3.05. The largest absolute Gasteiger partial charge is 0.481 e. The number of carboxylic acid groups (broad SMARTS) is 1. The number of carbonyl (C=O) groups excluding carboxylic acids is 1. The van der Waals surface area contributed by atoms with E-state index in [1.807, 2.05) is 0 Å². The van der Waals surface area contributed by atoms with Gasteiger partial charge >= 0.3 is 5.97 Å². The van der Waals surface area contributed by atoms with Crippen LogP contribution in [0.4, 0.5) is 10.1 Å². The zero-order chi connectivity index (χ0) is 15.2. The van der Waals surface area contributed by atoms with E-state index in [1.54, 1.807) is 25.1 Å². The first-order valence-electron chi connectivity index (χ1n) is 6.58. The summed E-state index contributed by atoms with van der Waals surface area (Å²) in [6.07, 6.45) is 2.73. The number of benzene rings is 1. The van der Waals surface area contributed by atoms with Gasteiger partial charge in [0, 0.05) is 0 Å². The Labute approximate surface area is 120 Å². The summed E-state index contributed by atoms with van der Waals surface area (Å²) in [6, 6.07) is 5.75. The molecule has 5 nitrogen and oxygen atoms in total. The first-order valence-corrected chi connectivity index (χ1v) is 6.58. The lowest BCUT2D eigenvalue weighted by atomic mass is 9.75. The third-order valence-electron chi connectivity index (χ3n) is 4.04. The van der Waals surface area contributed by atoms with Crippen molar-refractivity contribution in [2.45, 2.75) is 18.6 Å². The van der Waals surface area contributed by atoms with Crippen molar-refractivity contribution < 1.29 is 23.8 Å². The first kappa shape index (κ1) is 13.8. The number of anilines is 1. The van der Waals surface area contributed by atoms with E-state index in [0.29, 0.717) is 0 Å². The standard InChI is InChI=1S/C15H14FNO4/c1-15-7-6-10(21-15)11(14(19)20)12(15)13(18)17-9-5-3-2-4-8(9)16/h2-7,10-12H,1H3,(H,17,18)(H,19,20)/t10-,11-,12+,15+/m1/s1. The third-order valence-corrected chi connectivity index (χ3v) is 4.04. The van der Waals surface area contributed by atoms with Crippen LogP contribution in [0, 0.1) is 17.7 Å². The third kappa shape index (κ3) is 2.12. The number of halogens is 1. The Kier molecular flexibility index (Phi) is 3.06. The van der Waals surface area contributed by atoms with Crippen molar-refractivity contribution in [3.8, 4) is 0 Å². The molecule has 1 aromatic carbocycles. The van der Waals surface area contributed by atoms with Crippen molar-refractivity contribution in [3.05, 3.63) is 42.2 Å². The highest BCUT2D eigenvalue weighted by Gasteiger charge is 2.59. The zero-order valence-corrected chi connectivity index (χ0v) is 11.2. The van der Waals surface area contributed by atoms with Crippen molar-refractivity contribution in [2.24, 2.45) is 11.8 Å². The molecule has 21 heavy (non-hydrogen) atoms. The number of hydrogen-bond acceptors (Lipinski definition) is 3. The van der Waals surface area contributed by atoms with E-state index in [4.69, 9.17) is 4.74 Å². The van der Waals surface area contributed by atoms with Gasteiger partial charge in [-0.3, -0.25) is 9.59 Å². The van der Waals surface area contributed by atoms with Gasteiger partial charge in [-0.25, -0.2) is 4.39 Å². The van der Waals surface area contributed by atoms with E-state index in [-0.39, 0.29) is 5.69 Å². The summed E-state index contributed by atoms with van der Waals surface area (Å²) in [7, 11) is 0. The van der Waals surface area contributed by atoms with E-state index in [9.17, 15) is 19.1 Å². The van der Waals surface area contributed by atoms with Crippen LogP contribution in [0.1, 0.15) is 6.92 Å². The van der Waals surface area contributed by atoms with Crippen LogP contribution in [0.3, 0.4) is 0 Å². The highest BCUT2D eigenvalue weighted by atomic mass is 19.1. The van der Waals surface area contributed by atoms with Gasteiger partial charge in [-0.15, -0.1) is 0 Å². The summed E-state index contributed by atoms with van der Waals surface area (Å²) in [5, 5.41) is 11.8. The van der Waals surface area contributed by atoms with Crippen molar-refractivity contribution in [2.75, 3.05) is 5.32 Å². The van der Waals surface area contributed by atoms with Gasteiger partial charge < -0.3 is 15.2 Å². The van der Waals surface area contributed by atoms with Crippen molar-refractivity contribution >= 4 is 17.6 Å². The van der Waals surface area contributed by atoms with E-state index in [1.165, 1.54) is 18.2 Å². The molecule has 0 aromatic heterocycles. The number of ether oxygens (including phenoxy) is 1. The molecule has 0 radical (unpaired) electrons. The minimum atomic E-state index is -1.10. The molecule has 1 aromatic rings. The van der Waals surface area contributed by atoms with Crippen LogP contribution in [0.25, 0.3) is 0 Å². The normalized spacial score (nSPS) is 33.1. The lowest BCUT2D eigenvalue weighted by molar-refractivity contribution is -0.146. The fraction of sp³-hybridized carbons (Fsp3) is 0.333. The van der Waals surface area contributed by atoms with Gasteiger partial charge in [0.1, 0.15) is 11.7 Å². The molecule has 6 heteroatoms. The zero-order valence-electron chi connectivity index (χ0n) is 11.2. The molecule has 0 aliphatic carbocycles. The Balaban J connectivity index is 1.88. The number of rotatable bonds is 3. The predicted molar refractivity (Wildman–Crippen MR) is 72.1 cm³/mol. The van der Waals surface area contributed by atoms with Crippen molar-refractivity contribution in [1.82, 2.24) is 0 Å². The van der Waals surface area contributed by atoms with E-state index in [0.717, 1.165) is 0 Å².